The molecule has 0 spiro atoms. The zero-order valence-electron chi connectivity index (χ0n) is 9.72. The number of hydrogen-bond acceptors (Lipinski definition) is 2. The Balaban J connectivity index is 2.81. The van der Waals surface area contributed by atoms with Crippen LogP contribution in [0.1, 0.15) is 36.8 Å². The van der Waals surface area contributed by atoms with Gasteiger partial charge in [0.1, 0.15) is 0 Å². The van der Waals surface area contributed by atoms with Crippen molar-refractivity contribution in [2.75, 3.05) is 0 Å². The first-order valence-electron chi connectivity index (χ1n) is 5.58. The van der Waals surface area contributed by atoms with Crippen molar-refractivity contribution in [3.63, 3.8) is 0 Å². The number of carboxylic acid groups (broad SMARTS) is 2. The molecule has 0 saturated heterocycles. The first-order valence-corrected chi connectivity index (χ1v) is 5.58. The molecule has 1 atom stereocenters. The second-order valence-corrected chi connectivity index (χ2v) is 3.92. The predicted molar refractivity (Wildman–Crippen MR) is 63.1 cm³/mol. The number of hydrogen-bond donors (Lipinski definition) is 2. The summed E-state index contributed by atoms with van der Waals surface area (Å²) in [6.07, 6.45) is 0.885. The highest BCUT2D eigenvalue weighted by Gasteiger charge is 2.20. The molecule has 2 N–H and O–H groups in total. The van der Waals surface area contributed by atoms with Gasteiger partial charge in [-0.3, -0.25) is 9.59 Å². The van der Waals surface area contributed by atoms with Gasteiger partial charge in [-0.25, -0.2) is 0 Å². The van der Waals surface area contributed by atoms with Gasteiger partial charge in [0.2, 0.25) is 0 Å². The van der Waals surface area contributed by atoms with Gasteiger partial charge in [0.25, 0.3) is 0 Å². The molecule has 1 aromatic rings. The highest BCUT2D eigenvalue weighted by molar-refractivity contribution is 5.77. The van der Waals surface area contributed by atoms with Crippen molar-refractivity contribution in [2.24, 2.45) is 0 Å². The summed E-state index contributed by atoms with van der Waals surface area (Å²) in [5.41, 5.74) is 1.80. The van der Waals surface area contributed by atoms with E-state index < -0.39 is 17.9 Å². The van der Waals surface area contributed by atoms with Crippen molar-refractivity contribution >= 4 is 11.9 Å². The molecule has 0 aliphatic carbocycles. The quantitative estimate of drug-likeness (QED) is 0.794. The van der Waals surface area contributed by atoms with Gasteiger partial charge in [0.05, 0.1) is 5.92 Å². The van der Waals surface area contributed by atoms with Gasteiger partial charge in [-0.15, -0.1) is 0 Å². The normalized spacial score (nSPS) is 12.1. The van der Waals surface area contributed by atoms with Gasteiger partial charge in [-0.2, -0.15) is 0 Å². The Morgan fingerprint density at radius 1 is 1.18 bits per heavy atom. The average Bonchev–Trinajstić information content (AvgIpc) is 2.29. The predicted octanol–water partition coefficient (Wildman–Crippen LogP) is 2.28. The largest absolute Gasteiger partial charge is 0.481 e. The molecule has 0 bridgehead atoms. The summed E-state index contributed by atoms with van der Waals surface area (Å²) in [5.74, 6) is -2.69. The third-order valence-corrected chi connectivity index (χ3v) is 2.74. The second-order valence-electron chi connectivity index (χ2n) is 3.92. The molecule has 0 aliphatic rings. The Labute approximate surface area is 99.9 Å². The van der Waals surface area contributed by atoms with E-state index in [0.29, 0.717) is 5.56 Å². The first kappa shape index (κ1) is 13.2. The molecule has 1 unspecified atom stereocenters. The van der Waals surface area contributed by atoms with E-state index in [1.807, 2.05) is 19.1 Å². The van der Waals surface area contributed by atoms with Crippen LogP contribution >= 0.6 is 0 Å². The highest BCUT2D eigenvalue weighted by Crippen LogP contribution is 2.22. The minimum absolute atomic E-state index is 0.121. The number of aliphatic carboxylic acids is 2. The van der Waals surface area contributed by atoms with E-state index >= 15 is 0 Å². The van der Waals surface area contributed by atoms with E-state index in [9.17, 15) is 9.59 Å². The molecule has 0 heterocycles. The lowest BCUT2D eigenvalue weighted by Crippen LogP contribution is -2.13. The molecular formula is C13H16O4. The lowest BCUT2D eigenvalue weighted by Gasteiger charge is -2.11. The number of rotatable bonds is 6. The fraction of sp³-hybridized carbons (Fsp3) is 0.385. The molecule has 0 saturated carbocycles. The van der Waals surface area contributed by atoms with Crippen LogP contribution in [0.25, 0.3) is 0 Å². The van der Waals surface area contributed by atoms with Gasteiger partial charge < -0.3 is 10.2 Å². The molecule has 0 aromatic heterocycles. The molecular weight excluding hydrogens is 220 g/mol. The molecule has 0 amide bonds. The van der Waals surface area contributed by atoms with Crippen molar-refractivity contribution in [1.29, 1.82) is 0 Å². The summed E-state index contributed by atoms with van der Waals surface area (Å²) in [5, 5.41) is 17.7. The van der Waals surface area contributed by atoms with Crippen molar-refractivity contribution in [3.05, 3.63) is 35.4 Å². The fourth-order valence-corrected chi connectivity index (χ4v) is 1.69. The summed E-state index contributed by atoms with van der Waals surface area (Å²) in [6, 6.07) is 7.29. The fourth-order valence-electron chi connectivity index (χ4n) is 1.69. The summed E-state index contributed by atoms with van der Waals surface area (Å²) < 4.78 is 0. The van der Waals surface area contributed by atoms with Gasteiger partial charge in [0.15, 0.2) is 0 Å². The van der Waals surface area contributed by atoms with Crippen LogP contribution in [0.15, 0.2) is 24.3 Å². The Bertz CT molecular complexity index is 394. The number of carboxylic acids is 2. The summed E-state index contributed by atoms with van der Waals surface area (Å²) >= 11 is 0. The van der Waals surface area contributed by atoms with Crippen LogP contribution in [0.4, 0.5) is 0 Å². The smallest absolute Gasteiger partial charge is 0.310 e. The van der Waals surface area contributed by atoms with E-state index in [4.69, 9.17) is 10.2 Å². The third-order valence-electron chi connectivity index (χ3n) is 2.74. The Hall–Kier alpha value is -1.84. The second kappa shape index (κ2) is 6.03. The van der Waals surface area contributed by atoms with E-state index in [2.05, 4.69) is 0 Å². The lowest BCUT2D eigenvalue weighted by molar-refractivity contribution is -0.140. The zero-order chi connectivity index (χ0) is 12.8. The summed E-state index contributed by atoms with van der Waals surface area (Å²) in [6.45, 7) is 2.02. The maximum atomic E-state index is 11.1. The third kappa shape index (κ3) is 3.90. The lowest BCUT2D eigenvalue weighted by atomic mass is 9.93. The molecule has 1 aromatic carbocycles. The molecule has 4 heteroatoms. The topological polar surface area (TPSA) is 74.6 Å². The first-order chi connectivity index (χ1) is 8.04. The molecule has 4 nitrogen and oxygen atoms in total. The minimum atomic E-state index is -0.976. The van der Waals surface area contributed by atoms with Crippen molar-refractivity contribution in [2.45, 2.75) is 32.1 Å². The van der Waals surface area contributed by atoms with Crippen molar-refractivity contribution in [1.82, 2.24) is 0 Å². The Kier molecular flexibility index (Phi) is 4.69. The zero-order valence-corrected chi connectivity index (χ0v) is 9.72. The van der Waals surface area contributed by atoms with E-state index in [-0.39, 0.29) is 12.8 Å². The van der Waals surface area contributed by atoms with E-state index in [0.717, 1.165) is 12.0 Å². The van der Waals surface area contributed by atoms with E-state index in [1.165, 1.54) is 0 Å². The SMILES string of the molecule is CCc1ccc(C(CCC(=O)O)C(=O)O)cc1. The number of benzene rings is 1. The molecule has 92 valence electrons. The highest BCUT2D eigenvalue weighted by atomic mass is 16.4. The van der Waals surface area contributed by atoms with E-state index in [1.54, 1.807) is 12.1 Å². The van der Waals surface area contributed by atoms with Gasteiger partial charge >= 0.3 is 11.9 Å². The van der Waals surface area contributed by atoms with Gasteiger partial charge in [-0.1, -0.05) is 31.2 Å². The Morgan fingerprint density at radius 2 is 1.76 bits per heavy atom. The summed E-state index contributed by atoms with van der Waals surface area (Å²) in [4.78, 5) is 21.5. The van der Waals surface area contributed by atoms with Crippen LogP contribution in [0.3, 0.4) is 0 Å². The van der Waals surface area contributed by atoms with Crippen LogP contribution < -0.4 is 0 Å². The average molecular weight is 236 g/mol. The molecule has 0 radical (unpaired) electrons. The van der Waals surface area contributed by atoms with Gasteiger partial charge in [-0.05, 0) is 24.0 Å². The molecule has 0 fully saturated rings. The van der Waals surface area contributed by atoms with Crippen molar-refractivity contribution in [3.8, 4) is 0 Å². The molecule has 17 heavy (non-hydrogen) atoms. The van der Waals surface area contributed by atoms with Crippen LogP contribution in [-0.2, 0) is 16.0 Å². The van der Waals surface area contributed by atoms with Crippen LogP contribution in [0.2, 0.25) is 0 Å². The van der Waals surface area contributed by atoms with Gasteiger partial charge in [0, 0.05) is 6.42 Å². The standard InChI is InChI=1S/C13H16O4/c1-2-9-3-5-10(6-4-9)11(13(16)17)7-8-12(14)15/h3-6,11H,2,7-8H2,1H3,(H,14,15)(H,16,17). The monoisotopic (exact) mass is 236 g/mol. The van der Waals surface area contributed by atoms with Crippen LogP contribution in [0, 0.1) is 0 Å². The van der Waals surface area contributed by atoms with Crippen molar-refractivity contribution < 1.29 is 19.8 Å². The number of carbonyl (C=O) groups is 2. The molecule has 1 rings (SSSR count). The maximum Gasteiger partial charge on any atom is 0.310 e. The maximum absolute atomic E-state index is 11.1. The molecule has 0 aliphatic heterocycles. The summed E-state index contributed by atoms with van der Waals surface area (Å²) in [7, 11) is 0. The number of aryl methyl sites for hydroxylation is 1. The van der Waals surface area contributed by atoms with Crippen LogP contribution in [-0.4, -0.2) is 22.2 Å². The minimum Gasteiger partial charge on any atom is -0.481 e. The Morgan fingerprint density at radius 3 is 2.18 bits per heavy atom. The van der Waals surface area contributed by atoms with Crippen LogP contribution in [0.5, 0.6) is 0 Å².